The Kier molecular flexibility index (Phi) is 6.95. The number of ether oxygens (including phenoxy) is 2. The van der Waals surface area contributed by atoms with Gasteiger partial charge in [-0.15, -0.1) is 0 Å². The van der Waals surface area contributed by atoms with Gasteiger partial charge in [-0.2, -0.15) is 0 Å². The lowest BCUT2D eigenvalue weighted by molar-refractivity contribution is 0.209. The highest BCUT2D eigenvalue weighted by Crippen LogP contribution is 2.46. The summed E-state index contributed by atoms with van der Waals surface area (Å²) in [5.74, 6) is 1.47. The van der Waals surface area contributed by atoms with Gasteiger partial charge in [-0.1, -0.05) is 29.3 Å². The Hall–Kier alpha value is -2.97. The fourth-order valence-corrected chi connectivity index (χ4v) is 4.62. The quantitative estimate of drug-likeness (QED) is 0.515. The van der Waals surface area contributed by atoms with E-state index in [2.05, 4.69) is 20.6 Å². The molecule has 2 heterocycles. The molecule has 1 aliphatic rings. The third-order valence-corrected chi connectivity index (χ3v) is 6.33. The summed E-state index contributed by atoms with van der Waals surface area (Å²) in [7, 11) is 3.09. The van der Waals surface area contributed by atoms with Gasteiger partial charge < -0.3 is 25.0 Å². The molecule has 1 saturated heterocycles. The van der Waals surface area contributed by atoms with Crippen molar-refractivity contribution in [3.8, 4) is 22.6 Å². The van der Waals surface area contributed by atoms with Gasteiger partial charge in [0.1, 0.15) is 11.5 Å². The molecule has 1 fully saturated rings. The molecule has 4 rings (SSSR count). The summed E-state index contributed by atoms with van der Waals surface area (Å²) in [5.41, 5.74) is 2.19. The number of aromatic nitrogens is 2. The monoisotopic (exact) mass is 489 g/mol. The fraction of sp³-hybridized carbons (Fsp3) is 0.348. The lowest BCUT2D eigenvalue weighted by Gasteiger charge is -2.17. The summed E-state index contributed by atoms with van der Waals surface area (Å²) < 4.78 is 10.7. The van der Waals surface area contributed by atoms with E-state index >= 15 is 0 Å². The first-order valence-corrected chi connectivity index (χ1v) is 11.4. The highest BCUT2D eigenvalue weighted by Gasteiger charge is 2.26. The number of anilines is 1. The second-order valence-corrected chi connectivity index (χ2v) is 8.42. The number of fused-ring (bicyclic) bond motifs is 1. The number of amides is 2. The van der Waals surface area contributed by atoms with E-state index in [9.17, 15) is 4.79 Å². The molecule has 2 N–H and O–H groups in total. The second-order valence-electron chi connectivity index (χ2n) is 7.66. The van der Waals surface area contributed by atoms with Crippen molar-refractivity contribution in [2.24, 2.45) is 0 Å². The molecule has 3 aromatic rings. The van der Waals surface area contributed by atoms with Crippen molar-refractivity contribution in [2.75, 3.05) is 39.2 Å². The van der Waals surface area contributed by atoms with Crippen molar-refractivity contribution in [2.45, 2.75) is 19.4 Å². The number of hydrogen-bond acceptors (Lipinski definition) is 6. The van der Waals surface area contributed by atoms with Crippen LogP contribution in [0.2, 0.25) is 10.0 Å². The van der Waals surface area contributed by atoms with Crippen LogP contribution in [0.4, 0.5) is 10.7 Å². The molecule has 10 heteroatoms. The maximum atomic E-state index is 12.0. The Morgan fingerprint density at radius 3 is 2.58 bits per heavy atom. The van der Waals surface area contributed by atoms with E-state index in [0.29, 0.717) is 52.7 Å². The van der Waals surface area contributed by atoms with E-state index in [-0.39, 0.29) is 12.1 Å². The van der Waals surface area contributed by atoms with E-state index in [1.807, 2.05) is 25.1 Å². The van der Waals surface area contributed by atoms with Gasteiger partial charge in [0.05, 0.1) is 29.8 Å². The van der Waals surface area contributed by atoms with Crippen LogP contribution in [0, 0.1) is 0 Å². The van der Waals surface area contributed by atoms with Gasteiger partial charge >= 0.3 is 6.03 Å². The van der Waals surface area contributed by atoms with Crippen LogP contribution in [0.3, 0.4) is 0 Å². The summed E-state index contributed by atoms with van der Waals surface area (Å²) in [6.07, 6.45) is 2.59. The Balaban J connectivity index is 1.58. The van der Waals surface area contributed by atoms with E-state index in [4.69, 9.17) is 32.7 Å². The lowest BCUT2D eigenvalue weighted by atomic mass is 10.0. The van der Waals surface area contributed by atoms with E-state index < -0.39 is 0 Å². The lowest BCUT2D eigenvalue weighted by Crippen LogP contribution is -2.39. The Morgan fingerprint density at radius 1 is 1.18 bits per heavy atom. The molecule has 174 valence electrons. The second kappa shape index (κ2) is 9.89. The molecule has 1 atom stereocenters. The van der Waals surface area contributed by atoms with Crippen molar-refractivity contribution in [1.82, 2.24) is 20.2 Å². The van der Waals surface area contributed by atoms with Crippen LogP contribution in [0.5, 0.6) is 11.5 Å². The number of carbonyl (C=O) groups excluding carboxylic acids is 1. The molecule has 2 aromatic carbocycles. The topological polar surface area (TPSA) is 88.6 Å². The van der Waals surface area contributed by atoms with Gasteiger partial charge in [-0.3, -0.25) is 0 Å². The Labute approximate surface area is 202 Å². The molecule has 1 unspecified atom stereocenters. The number of benzene rings is 2. The first-order valence-electron chi connectivity index (χ1n) is 10.6. The first-order chi connectivity index (χ1) is 15.9. The predicted molar refractivity (Wildman–Crippen MR) is 131 cm³/mol. The smallest absolute Gasteiger partial charge is 0.317 e. The number of halogens is 2. The minimum atomic E-state index is -0.0414. The zero-order chi connectivity index (χ0) is 23.5. The number of rotatable bonds is 6. The van der Waals surface area contributed by atoms with Gasteiger partial charge in [-0.05, 0) is 31.0 Å². The van der Waals surface area contributed by atoms with Crippen molar-refractivity contribution < 1.29 is 14.3 Å². The summed E-state index contributed by atoms with van der Waals surface area (Å²) >= 11 is 13.1. The molecule has 0 radical (unpaired) electrons. The Morgan fingerprint density at radius 2 is 1.91 bits per heavy atom. The van der Waals surface area contributed by atoms with Crippen LogP contribution in [0.15, 0.2) is 30.5 Å². The average molecular weight is 490 g/mol. The highest BCUT2D eigenvalue weighted by atomic mass is 35.5. The van der Waals surface area contributed by atoms with E-state index in [0.717, 1.165) is 22.9 Å². The number of hydrogen-bond donors (Lipinski definition) is 2. The van der Waals surface area contributed by atoms with Gasteiger partial charge in [-0.25, -0.2) is 14.8 Å². The predicted octanol–water partition coefficient (Wildman–Crippen LogP) is 4.84. The van der Waals surface area contributed by atoms with Crippen molar-refractivity contribution in [1.29, 1.82) is 0 Å². The average Bonchev–Trinajstić information content (AvgIpc) is 3.28. The van der Waals surface area contributed by atoms with Crippen molar-refractivity contribution >= 4 is 46.1 Å². The van der Waals surface area contributed by atoms with E-state index in [1.54, 1.807) is 31.4 Å². The van der Waals surface area contributed by atoms with Crippen LogP contribution >= 0.6 is 23.2 Å². The molecule has 1 aromatic heterocycles. The number of methoxy groups -OCH3 is 2. The number of carbonyl (C=O) groups is 1. The van der Waals surface area contributed by atoms with Gasteiger partial charge in [0.2, 0.25) is 5.95 Å². The summed E-state index contributed by atoms with van der Waals surface area (Å²) in [6, 6.07) is 7.44. The zero-order valence-electron chi connectivity index (χ0n) is 18.6. The van der Waals surface area contributed by atoms with Gasteiger partial charge in [0.25, 0.3) is 0 Å². The van der Waals surface area contributed by atoms with Crippen molar-refractivity contribution in [3.05, 3.63) is 40.5 Å². The maximum Gasteiger partial charge on any atom is 0.317 e. The number of nitrogens with zero attached hydrogens (tertiary/aromatic N) is 3. The van der Waals surface area contributed by atoms with Crippen LogP contribution in [0.1, 0.15) is 13.3 Å². The molecular weight excluding hydrogens is 465 g/mol. The first kappa shape index (κ1) is 23.2. The maximum absolute atomic E-state index is 12.0. The van der Waals surface area contributed by atoms with Gasteiger partial charge in [0.15, 0.2) is 0 Å². The van der Waals surface area contributed by atoms with Gasteiger partial charge in [0, 0.05) is 48.9 Å². The summed E-state index contributed by atoms with van der Waals surface area (Å²) in [6.45, 7) is 3.83. The van der Waals surface area contributed by atoms with Crippen LogP contribution in [0.25, 0.3) is 22.0 Å². The molecule has 2 amide bonds. The fourth-order valence-electron chi connectivity index (χ4n) is 3.91. The Bertz CT molecular complexity index is 1160. The molecular formula is C23H25Cl2N5O3. The minimum Gasteiger partial charge on any atom is -0.495 e. The number of nitrogens with one attached hydrogen (secondary N) is 2. The molecule has 8 nitrogen and oxygen atoms in total. The zero-order valence-corrected chi connectivity index (χ0v) is 20.1. The van der Waals surface area contributed by atoms with Crippen molar-refractivity contribution in [3.63, 3.8) is 0 Å². The summed E-state index contributed by atoms with van der Waals surface area (Å²) in [5, 5.41) is 7.81. The molecule has 0 spiro atoms. The van der Waals surface area contributed by atoms with Crippen LogP contribution < -0.4 is 20.1 Å². The molecule has 0 aliphatic carbocycles. The minimum absolute atomic E-state index is 0.0414. The SMILES string of the molecule is CCNC(=O)N1CCC(Nc2ncc3cc(-c4c(Cl)c(OC)cc(OC)c4Cl)ccc3n2)C1. The van der Waals surface area contributed by atoms with Crippen LogP contribution in [-0.2, 0) is 0 Å². The molecule has 0 saturated carbocycles. The number of likely N-dealkylation sites (tertiary alicyclic amines) is 1. The number of urea groups is 1. The third-order valence-electron chi connectivity index (χ3n) is 5.58. The van der Waals surface area contributed by atoms with Crippen LogP contribution in [-0.4, -0.2) is 60.8 Å². The summed E-state index contributed by atoms with van der Waals surface area (Å²) in [4.78, 5) is 22.9. The van der Waals surface area contributed by atoms with E-state index in [1.165, 1.54) is 0 Å². The molecule has 1 aliphatic heterocycles. The normalized spacial score (nSPS) is 15.5. The largest absolute Gasteiger partial charge is 0.495 e. The standard InChI is InChI=1S/C23H25Cl2N5O3/c1-4-26-23(31)30-8-7-15(12-30)28-22-27-11-14-9-13(5-6-16(14)29-22)19-20(24)17(32-2)10-18(33-3)21(19)25/h5-6,9-11,15H,4,7-8,12H2,1-3H3,(H,26,31)(H,27,28,29). The molecule has 33 heavy (non-hydrogen) atoms. The third kappa shape index (κ3) is 4.72. The molecule has 0 bridgehead atoms. The highest BCUT2D eigenvalue weighted by molar-refractivity contribution is 6.41.